The Kier molecular flexibility index (Phi) is 1.15. The Morgan fingerprint density at radius 1 is 1.23 bits per heavy atom. The van der Waals surface area contributed by atoms with Crippen molar-refractivity contribution < 1.29 is 0 Å². The monoisotopic (exact) mass is 173 g/mol. The Balaban J connectivity index is 2.09. The molecule has 3 heteroatoms. The normalized spacial score (nSPS) is 23.0. The van der Waals surface area contributed by atoms with Crippen LogP contribution in [0.25, 0.3) is 0 Å². The number of hydrogen-bond acceptors (Lipinski definition) is 3. The second kappa shape index (κ2) is 2.19. The van der Waals surface area contributed by atoms with E-state index in [2.05, 4.69) is 58.8 Å². The lowest BCUT2D eigenvalue weighted by Crippen LogP contribution is -2.38. The van der Waals surface area contributed by atoms with Gasteiger partial charge >= 0.3 is 0 Å². The molecule has 0 aromatic heterocycles. The Hall–Kier alpha value is -1.64. The Morgan fingerprint density at radius 3 is 3.00 bits per heavy atom. The molecule has 0 saturated heterocycles. The molecule has 0 fully saturated rings. The molecule has 2 aliphatic rings. The van der Waals surface area contributed by atoms with E-state index in [9.17, 15) is 0 Å². The molecule has 66 valence electrons. The van der Waals surface area contributed by atoms with E-state index >= 15 is 0 Å². The Bertz CT molecular complexity index is 372. The average molecular weight is 173 g/mol. The summed E-state index contributed by atoms with van der Waals surface area (Å²) < 4.78 is 0. The van der Waals surface area contributed by atoms with Gasteiger partial charge in [-0.2, -0.15) is 0 Å². The quantitative estimate of drug-likeness (QED) is 0.643. The number of benzene rings is 1. The summed E-state index contributed by atoms with van der Waals surface area (Å²) in [4.78, 5) is 4.38. The van der Waals surface area contributed by atoms with Crippen LogP contribution in [0.1, 0.15) is 0 Å². The van der Waals surface area contributed by atoms with E-state index in [0.29, 0.717) is 0 Å². The predicted octanol–water partition coefficient (Wildman–Crippen LogP) is 1.62. The number of hydrogen-bond donors (Lipinski definition) is 1. The molecule has 13 heavy (non-hydrogen) atoms. The lowest BCUT2D eigenvalue weighted by molar-refractivity contribution is 0.401. The molecule has 2 heterocycles. The molecule has 0 saturated carbocycles. The van der Waals surface area contributed by atoms with Gasteiger partial charge in [-0.3, -0.25) is 0 Å². The summed E-state index contributed by atoms with van der Waals surface area (Å²) in [5.41, 5.74) is 2.47. The van der Waals surface area contributed by atoms with Crippen LogP contribution in [-0.2, 0) is 0 Å². The van der Waals surface area contributed by atoms with Crippen LogP contribution in [0.4, 0.5) is 11.4 Å². The van der Waals surface area contributed by atoms with Crippen molar-refractivity contribution in [1.82, 2.24) is 4.90 Å². The first-order valence-electron chi connectivity index (χ1n) is 4.40. The van der Waals surface area contributed by atoms with Gasteiger partial charge in [0.05, 0.1) is 11.4 Å². The second-order valence-corrected chi connectivity index (χ2v) is 3.41. The van der Waals surface area contributed by atoms with Crippen molar-refractivity contribution >= 4 is 11.4 Å². The van der Waals surface area contributed by atoms with Crippen molar-refractivity contribution in [2.75, 3.05) is 17.3 Å². The maximum absolute atomic E-state index is 3.44. The molecule has 3 nitrogen and oxygen atoms in total. The zero-order valence-corrected chi connectivity index (χ0v) is 7.44. The van der Waals surface area contributed by atoms with Crippen molar-refractivity contribution in [3.8, 4) is 0 Å². The molecule has 0 spiro atoms. The number of nitrogens with zero attached hydrogens (tertiary/aromatic N) is 2. The number of anilines is 2. The van der Waals surface area contributed by atoms with Gasteiger partial charge in [-0.1, -0.05) is 12.1 Å². The minimum absolute atomic E-state index is 0.275. The molecule has 0 radical (unpaired) electrons. The summed E-state index contributed by atoms with van der Waals surface area (Å²) in [6.07, 6.45) is 4.45. The topological polar surface area (TPSA) is 18.5 Å². The van der Waals surface area contributed by atoms with Gasteiger partial charge in [0, 0.05) is 19.4 Å². The summed E-state index contributed by atoms with van der Waals surface area (Å²) in [6.45, 7) is 0. The van der Waals surface area contributed by atoms with Crippen molar-refractivity contribution in [2.45, 2.75) is 6.29 Å². The number of para-hydroxylation sites is 2. The number of fused-ring (bicyclic) bond motifs is 3. The highest BCUT2D eigenvalue weighted by atomic mass is 15.5. The van der Waals surface area contributed by atoms with Crippen LogP contribution in [0.15, 0.2) is 36.7 Å². The maximum atomic E-state index is 3.44. The first kappa shape index (κ1) is 6.83. The van der Waals surface area contributed by atoms with Crippen molar-refractivity contribution in [3.63, 3.8) is 0 Å². The SMILES string of the molecule is CN1C=CN2c3ccccc3NC12. The van der Waals surface area contributed by atoms with E-state index in [4.69, 9.17) is 0 Å². The molecule has 3 rings (SSSR count). The molecule has 0 amide bonds. The molecule has 0 bridgehead atoms. The van der Waals surface area contributed by atoms with Crippen LogP contribution >= 0.6 is 0 Å². The van der Waals surface area contributed by atoms with Gasteiger partial charge in [0.15, 0.2) is 6.29 Å². The van der Waals surface area contributed by atoms with Gasteiger partial charge < -0.3 is 15.1 Å². The lowest BCUT2D eigenvalue weighted by atomic mass is 10.3. The molecule has 1 atom stereocenters. The zero-order valence-electron chi connectivity index (χ0n) is 7.44. The molecule has 1 aromatic rings. The van der Waals surface area contributed by atoms with E-state index < -0.39 is 0 Å². The molecular weight excluding hydrogens is 162 g/mol. The molecular formula is C10H11N3. The van der Waals surface area contributed by atoms with Crippen LogP contribution in [0.3, 0.4) is 0 Å². The summed E-state index contributed by atoms with van der Waals surface area (Å²) >= 11 is 0. The standard InChI is InChI=1S/C10H11N3/c1-12-6-7-13-9-5-3-2-4-8(9)11-10(12)13/h2-7,10-11H,1H3. The van der Waals surface area contributed by atoms with Gasteiger partial charge in [-0.25, -0.2) is 0 Å². The third kappa shape index (κ3) is 0.786. The first-order valence-corrected chi connectivity index (χ1v) is 4.40. The van der Waals surface area contributed by atoms with Gasteiger partial charge in [0.25, 0.3) is 0 Å². The van der Waals surface area contributed by atoms with Crippen molar-refractivity contribution in [3.05, 3.63) is 36.7 Å². The molecule has 1 unspecified atom stereocenters. The Labute approximate surface area is 77.3 Å². The third-order valence-electron chi connectivity index (χ3n) is 2.58. The molecule has 0 aliphatic carbocycles. The average Bonchev–Trinajstić information content (AvgIpc) is 2.67. The highest BCUT2D eigenvalue weighted by molar-refractivity contribution is 5.77. The molecule has 1 aromatic carbocycles. The summed E-state index contributed by atoms with van der Waals surface area (Å²) in [5, 5.41) is 3.44. The van der Waals surface area contributed by atoms with E-state index in [1.54, 1.807) is 0 Å². The molecule has 1 N–H and O–H groups in total. The van der Waals surface area contributed by atoms with Gasteiger partial charge in [-0.15, -0.1) is 0 Å². The predicted molar refractivity (Wildman–Crippen MR) is 53.2 cm³/mol. The Morgan fingerprint density at radius 2 is 2.08 bits per heavy atom. The van der Waals surface area contributed by atoms with E-state index in [1.165, 1.54) is 11.4 Å². The summed E-state index contributed by atoms with van der Waals surface area (Å²) in [7, 11) is 2.07. The van der Waals surface area contributed by atoms with Gasteiger partial charge in [0.1, 0.15) is 0 Å². The fourth-order valence-electron chi connectivity index (χ4n) is 1.88. The second-order valence-electron chi connectivity index (χ2n) is 3.41. The van der Waals surface area contributed by atoms with Crippen LogP contribution in [0.5, 0.6) is 0 Å². The minimum atomic E-state index is 0.275. The molecule has 2 aliphatic heterocycles. The van der Waals surface area contributed by atoms with E-state index in [0.717, 1.165) is 0 Å². The minimum Gasteiger partial charge on any atom is -0.346 e. The van der Waals surface area contributed by atoms with Crippen LogP contribution in [0, 0.1) is 0 Å². The smallest absolute Gasteiger partial charge is 0.182 e. The number of rotatable bonds is 0. The fraction of sp³-hybridized carbons (Fsp3) is 0.200. The van der Waals surface area contributed by atoms with E-state index in [-0.39, 0.29) is 6.29 Å². The van der Waals surface area contributed by atoms with Gasteiger partial charge in [0.2, 0.25) is 0 Å². The zero-order chi connectivity index (χ0) is 8.84. The highest BCUT2D eigenvalue weighted by Gasteiger charge is 2.31. The van der Waals surface area contributed by atoms with Crippen LogP contribution in [-0.4, -0.2) is 18.2 Å². The summed E-state index contributed by atoms with van der Waals surface area (Å²) in [5.74, 6) is 0. The lowest BCUT2D eigenvalue weighted by Gasteiger charge is -2.22. The summed E-state index contributed by atoms with van der Waals surface area (Å²) in [6, 6.07) is 8.36. The third-order valence-corrected chi connectivity index (χ3v) is 2.58. The van der Waals surface area contributed by atoms with E-state index in [1.807, 2.05) is 0 Å². The largest absolute Gasteiger partial charge is 0.346 e. The highest BCUT2D eigenvalue weighted by Crippen LogP contribution is 2.37. The number of nitrogens with one attached hydrogen (secondary N) is 1. The maximum Gasteiger partial charge on any atom is 0.182 e. The van der Waals surface area contributed by atoms with Gasteiger partial charge in [-0.05, 0) is 12.1 Å². The van der Waals surface area contributed by atoms with Crippen molar-refractivity contribution in [2.24, 2.45) is 0 Å². The van der Waals surface area contributed by atoms with Crippen molar-refractivity contribution in [1.29, 1.82) is 0 Å². The van der Waals surface area contributed by atoms with Crippen LogP contribution in [0.2, 0.25) is 0 Å². The van der Waals surface area contributed by atoms with Crippen LogP contribution < -0.4 is 10.2 Å². The fourth-order valence-corrected chi connectivity index (χ4v) is 1.88. The first-order chi connectivity index (χ1) is 6.36.